The highest BCUT2D eigenvalue weighted by atomic mass is 79.9. The molecule has 0 aliphatic rings. The Labute approximate surface area is 146 Å². The van der Waals surface area contributed by atoms with Crippen molar-refractivity contribution in [2.45, 2.75) is 12.7 Å². The Morgan fingerprint density at radius 3 is 2.77 bits per heavy atom. The van der Waals surface area contributed by atoms with Crippen molar-refractivity contribution in [3.8, 4) is 0 Å². The Balaban J connectivity index is 1.85. The van der Waals surface area contributed by atoms with Crippen LogP contribution in [-0.2, 0) is 10.5 Å². The molecule has 0 unspecified atom stereocenters. The molecule has 2 nitrogen and oxygen atoms in total. The number of halogens is 3. The third-order valence-corrected chi connectivity index (χ3v) is 4.68. The molecule has 22 heavy (non-hydrogen) atoms. The molecule has 0 heterocycles. The average Bonchev–Trinajstić information content (AvgIpc) is 2.44. The maximum Gasteiger partial charge on any atom is 0.234 e. The fourth-order valence-corrected chi connectivity index (χ4v) is 3.22. The van der Waals surface area contributed by atoms with Crippen LogP contribution < -0.4 is 5.32 Å². The summed E-state index contributed by atoms with van der Waals surface area (Å²) in [6, 6.07) is 10.2. The number of amides is 1. The number of benzene rings is 2. The van der Waals surface area contributed by atoms with Crippen molar-refractivity contribution in [2.75, 3.05) is 11.1 Å². The van der Waals surface area contributed by atoms with E-state index in [2.05, 4.69) is 21.2 Å². The topological polar surface area (TPSA) is 29.1 Å². The quantitative estimate of drug-likeness (QED) is 0.723. The second kappa shape index (κ2) is 7.99. The molecule has 0 spiro atoms. The lowest BCUT2D eigenvalue weighted by Gasteiger charge is -2.09. The number of hydrogen-bond acceptors (Lipinski definition) is 2. The van der Waals surface area contributed by atoms with Crippen LogP contribution in [0, 0.1) is 12.7 Å². The van der Waals surface area contributed by atoms with E-state index in [4.69, 9.17) is 11.6 Å². The zero-order chi connectivity index (χ0) is 16.1. The second-order valence-corrected chi connectivity index (χ2v) is 7.07. The van der Waals surface area contributed by atoms with Gasteiger partial charge in [-0.25, -0.2) is 4.39 Å². The van der Waals surface area contributed by atoms with Crippen LogP contribution in [0.5, 0.6) is 0 Å². The van der Waals surface area contributed by atoms with Gasteiger partial charge in [-0.2, -0.15) is 0 Å². The van der Waals surface area contributed by atoms with Crippen molar-refractivity contribution >= 4 is 50.9 Å². The van der Waals surface area contributed by atoms with E-state index in [0.29, 0.717) is 20.8 Å². The van der Waals surface area contributed by atoms with Gasteiger partial charge in [0.25, 0.3) is 0 Å². The first-order chi connectivity index (χ1) is 10.5. The highest BCUT2D eigenvalue weighted by Gasteiger charge is 2.07. The number of hydrogen-bond donors (Lipinski definition) is 1. The zero-order valence-electron chi connectivity index (χ0n) is 11.8. The third-order valence-electron chi connectivity index (χ3n) is 2.97. The van der Waals surface area contributed by atoms with Crippen molar-refractivity contribution in [1.29, 1.82) is 0 Å². The van der Waals surface area contributed by atoms with Crippen molar-refractivity contribution in [1.82, 2.24) is 0 Å². The number of carbonyl (C=O) groups is 1. The molecule has 2 aromatic rings. The van der Waals surface area contributed by atoms with Crippen LogP contribution in [-0.4, -0.2) is 11.7 Å². The molecule has 0 bridgehead atoms. The van der Waals surface area contributed by atoms with Gasteiger partial charge in [-0.1, -0.05) is 33.6 Å². The highest BCUT2D eigenvalue weighted by molar-refractivity contribution is 9.10. The monoisotopic (exact) mass is 401 g/mol. The third kappa shape index (κ3) is 5.00. The highest BCUT2D eigenvalue weighted by Crippen LogP contribution is 2.22. The summed E-state index contributed by atoms with van der Waals surface area (Å²) < 4.78 is 14.4. The van der Waals surface area contributed by atoms with Crippen LogP contribution in [0.2, 0.25) is 5.02 Å². The van der Waals surface area contributed by atoms with E-state index in [1.165, 1.54) is 17.8 Å². The molecule has 0 saturated carbocycles. The fraction of sp³-hybridized carbons (Fsp3) is 0.188. The van der Waals surface area contributed by atoms with Crippen LogP contribution in [0.1, 0.15) is 11.1 Å². The Morgan fingerprint density at radius 1 is 1.32 bits per heavy atom. The van der Waals surface area contributed by atoms with Gasteiger partial charge >= 0.3 is 0 Å². The first-order valence-corrected chi connectivity index (χ1v) is 8.86. The molecule has 0 aromatic heterocycles. The van der Waals surface area contributed by atoms with Gasteiger partial charge in [-0.05, 0) is 48.4 Å². The largest absolute Gasteiger partial charge is 0.325 e. The Bertz CT molecular complexity index is 696. The van der Waals surface area contributed by atoms with E-state index in [0.717, 1.165) is 11.3 Å². The lowest BCUT2D eigenvalue weighted by molar-refractivity contribution is -0.113. The molecule has 1 amide bonds. The summed E-state index contributed by atoms with van der Waals surface area (Å²) in [4.78, 5) is 11.9. The number of aryl methyl sites for hydroxylation is 1. The van der Waals surface area contributed by atoms with Gasteiger partial charge in [-0.3, -0.25) is 4.79 Å². The van der Waals surface area contributed by atoms with E-state index in [9.17, 15) is 9.18 Å². The zero-order valence-corrected chi connectivity index (χ0v) is 15.0. The predicted molar refractivity (Wildman–Crippen MR) is 95.1 cm³/mol. The molecule has 1 N–H and O–H groups in total. The SMILES string of the molecule is Cc1cc(Cl)ccc1NC(=O)CSCc1ccc(Br)cc1F. The van der Waals surface area contributed by atoms with Crippen LogP contribution >= 0.6 is 39.3 Å². The molecule has 0 aliphatic carbocycles. The van der Waals surface area contributed by atoms with Crippen LogP contribution in [0.25, 0.3) is 0 Å². The van der Waals surface area contributed by atoms with Gasteiger partial charge in [0.15, 0.2) is 0 Å². The summed E-state index contributed by atoms with van der Waals surface area (Å²) in [7, 11) is 0. The van der Waals surface area contributed by atoms with Gasteiger partial charge in [-0.15, -0.1) is 11.8 Å². The fourth-order valence-electron chi connectivity index (χ4n) is 1.85. The number of carbonyl (C=O) groups excluding carboxylic acids is 1. The molecule has 116 valence electrons. The van der Waals surface area contributed by atoms with Crippen LogP contribution in [0.3, 0.4) is 0 Å². The molecule has 0 radical (unpaired) electrons. The first-order valence-electron chi connectivity index (χ1n) is 6.53. The Hall–Kier alpha value is -1.04. The summed E-state index contributed by atoms with van der Waals surface area (Å²) in [5, 5.41) is 3.46. The first kappa shape index (κ1) is 17.3. The molecular formula is C16H14BrClFNOS. The number of anilines is 1. The molecule has 6 heteroatoms. The van der Waals surface area contributed by atoms with Crippen molar-refractivity contribution in [3.63, 3.8) is 0 Å². The van der Waals surface area contributed by atoms with E-state index in [1.54, 1.807) is 30.3 Å². The van der Waals surface area contributed by atoms with Gasteiger partial charge < -0.3 is 5.32 Å². The minimum atomic E-state index is -0.268. The molecule has 2 aromatic carbocycles. The summed E-state index contributed by atoms with van der Waals surface area (Å²) in [6.45, 7) is 1.88. The van der Waals surface area contributed by atoms with E-state index in [1.807, 2.05) is 6.92 Å². The Kier molecular flexibility index (Phi) is 6.29. The normalized spacial score (nSPS) is 10.5. The minimum absolute atomic E-state index is 0.118. The summed E-state index contributed by atoms with van der Waals surface area (Å²) in [5.41, 5.74) is 2.23. The maximum absolute atomic E-state index is 13.7. The van der Waals surface area contributed by atoms with E-state index < -0.39 is 0 Å². The lowest BCUT2D eigenvalue weighted by Crippen LogP contribution is -2.15. The smallest absolute Gasteiger partial charge is 0.234 e. The van der Waals surface area contributed by atoms with E-state index in [-0.39, 0.29) is 17.5 Å². The van der Waals surface area contributed by atoms with Gasteiger partial charge in [0, 0.05) is 20.9 Å². The van der Waals surface area contributed by atoms with Gasteiger partial charge in [0.2, 0.25) is 5.91 Å². The molecule has 0 saturated heterocycles. The summed E-state index contributed by atoms with van der Waals surface area (Å²) >= 11 is 10.5. The van der Waals surface area contributed by atoms with Crippen molar-refractivity contribution in [2.24, 2.45) is 0 Å². The van der Waals surface area contributed by atoms with Crippen molar-refractivity contribution < 1.29 is 9.18 Å². The summed E-state index contributed by atoms with van der Waals surface area (Å²) in [6.07, 6.45) is 0. The minimum Gasteiger partial charge on any atom is -0.325 e. The molecule has 0 fully saturated rings. The Morgan fingerprint density at radius 2 is 2.09 bits per heavy atom. The maximum atomic E-state index is 13.7. The predicted octanol–water partition coefficient (Wildman–Crippen LogP) is 5.42. The lowest BCUT2D eigenvalue weighted by atomic mass is 10.2. The number of rotatable bonds is 5. The molecule has 0 atom stereocenters. The van der Waals surface area contributed by atoms with Crippen LogP contribution in [0.15, 0.2) is 40.9 Å². The van der Waals surface area contributed by atoms with Crippen LogP contribution in [0.4, 0.5) is 10.1 Å². The number of thioether (sulfide) groups is 1. The summed E-state index contributed by atoms with van der Waals surface area (Å²) in [5.74, 6) is 0.327. The number of nitrogens with one attached hydrogen (secondary N) is 1. The average molecular weight is 403 g/mol. The van der Waals surface area contributed by atoms with E-state index >= 15 is 0 Å². The van der Waals surface area contributed by atoms with Gasteiger partial charge in [0.1, 0.15) is 5.82 Å². The molecule has 0 aliphatic heterocycles. The second-order valence-electron chi connectivity index (χ2n) is 4.74. The molecule has 2 rings (SSSR count). The molecular weight excluding hydrogens is 389 g/mol. The van der Waals surface area contributed by atoms with Gasteiger partial charge in [0.05, 0.1) is 5.75 Å². The van der Waals surface area contributed by atoms with Crippen molar-refractivity contribution in [3.05, 3.63) is 62.8 Å². The standard InChI is InChI=1S/C16H14BrClFNOS/c1-10-6-13(18)4-5-15(10)20-16(21)9-22-8-11-2-3-12(17)7-14(11)19/h2-7H,8-9H2,1H3,(H,20,21).